The summed E-state index contributed by atoms with van der Waals surface area (Å²) in [5, 5.41) is 6.24. The number of rotatable bonds is 12. The van der Waals surface area contributed by atoms with Crippen molar-refractivity contribution in [3.8, 4) is 0 Å². The van der Waals surface area contributed by atoms with Gasteiger partial charge in [-0.1, -0.05) is 12.1 Å². The predicted octanol–water partition coefficient (Wildman–Crippen LogP) is 2.38. The van der Waals surface area contributed by atoms with Gasteiger partial charge < -0.3 is 14.5 Å². The number of hydrogen-bond acceptors (Lipinski definition) is 5. The Balaban J connectivity index is 3.53. The van der Waals surface area contributed by atoms with Crippen LogP contribution in [0.3, 0.4) is 0 Å². The first-order chi connectivity index (χ1) is 8.55. The third kappa shape index (κ3) is 9.70. The second kappa shape index (κ2) is 10.6. The molecule has 18 heavy (non-hydrogen) atoms. The fourth-order valence-corrected chi connectivity index (χ4v) is 2.69. The number of nitrogens with one attached hydrogen (secondary N) is 1. The molecular formula is C12H28N2O3Si. The molecular weight excluding hydrogens is 248 g/mol. The summed E-state index contributed by atoms with van der Waals surface area (Å²) in [6.07, 6.45) is 2.05. The minimum atomic E-state index is -1.47. The first-order valence-electron chi connectivity index (χ1n) is 6.71. The maximum atomic E-state index is 10.6. The fourth-order valence-electron chi connectivity index (χ4n) is 1.49. The molecule has 108 valence electrons. The molecule has 0 aliphatic carbocycles. The van der Waals surface area contributed by atoms with Crippen LogP contribution >= 0.6 is 0 Å². The Morgan fingerprint density at radius 2 is 2.11 bits per heavy atom. The van der Waals surface area contributed by atoms with Crippen LogP contribution in [-0.2, 0) is 9.16 Å². The Morgan fingerprint density at radius 1 is 1.39 bits per heavy atom. The van der Waals surface area contributed by atoms with Crippen molar-refractivity contribution in [1.29, 1.82) is 0 Å². The monoisotopic (exact) mass is 276 g/mol. The van der Waals surface area contributed by atoms with E-state index in [4.69, 9.17) is 9.16 Å². The van der Waals surface area contributed by atoms with Gasteiger partial charge in [0.25, 0.3) is 0 Å². The molecule has 0 spiro atoms. The van der Waals surface area contributed by atoms with E-state index in [1.807, 2.05) is 0 Å². The van der Waals surface area contributed by atoms with Gasteiger partial charge in [-0.15, -0.1) is 0 Å². The highest BCUT2D eigenvalue weighted by atomic mass is 28.4. The van der Waals surface area contributed by atoms with E-state index in [1.54, 1.807) is 7.11 Å². The van der Waals surface area contributed by atoms with Crippen LogP contribution < -0.4 is 5.32 Å². The van der Waals surface area contributed by atoms with E-state index in [9.17, 15) is 4.91 Å². The normalized spacial score (nSPS) is 13.6. The molecule has 0 aromatic heterocycles. The molecule has 5 nitrogen and oxygen atoms in total. The van der Waals surface area contributed by atoms with E-state index in [0.29, 0.717) is 19.8 Å². The maximum absolute atomic E-state index is 10.6. The van der Waals surface area contributed by atoms with E-state index < -0.39 is 8.32 Å². The van der Waals surface area contributed by atoms with Gasteiger partial charge in [-0.3, -0.25) is 0 Å². The SMILES string of the molecule is CCCNCC(COCCC[Si](C)(C)OC)N=O. The number of nitrogens with zero attached hydrogens (tertiary/aromatic N) is 1. The number of hydrogen-bond donors (Lipinski definition) is 1. The second-order valence-corrected chi connectivity index (χ2v) is 9.53. The molecule has 0 rings (SSSR count). The summed E-state index contributed by atoms with van der Waals surface area (Å²) in [5.74, 6) is 0. The first-order valence-corrected chi connectivity index (χ1v) is 9.83. The second-order valence-electron chi connectivity index (χ2n) is 5.11. The van der Waals surface area contributed by atoms with Gasteiger partial charge in [-0.05, 0) is 38.5 Å². The lowest BCUT2D eigenvalue weighted by molar-refractivity contribution is 0.120. The minimum absolute atomic E-state index is 0.274. The van der Waals surface area contributed by atoms with Crippen molar-refractivity contribution in [2.45, 2.75) is 44.9 Å². The summed E-state index contributed by atoms with van der Waals surface area (Å²) in [6, 6.07) is 0.806. The molecule has 0 heterocycles. The molecule has 6 heteroatoms. The van der Waals surface area contributed by atoms with Crippen LogP contribution in [0.2, 0.25) is 19.1 Å². The zero-order valence-electron chi connectivity index (χ0n) is 12.2. The van der Waals surface area contributed by atoms with Crippen LogP contribution in [-0.4, -0.2) is 47.8 Å². The molecule has 0 aromatic rings. The van der Waals surface area contributed by atoms with Crippen LogP contribution in [0, 0.1) is 4.91 Å². The Labute approximate surface area is 112 Å². The summed E-state index contributed by atoms with van der Waals surface area (Å²) in [6.45, 7) is 9.09. The average Bonchev–Trinajstić information content (AvgIpc) is 2.36. The van der Waals surface area contributed by atoms with Crippen molar-refractivity contribution < 1.29 is 9.16 Å². The van der Waals surface area contributed by atoms with Gasteiger partial charge in [-0.25, -0.2) is 0 Å². The molecule has 0 aromatic carbocycles. The molecule has 1 atom stereocenters. The van der Waals surface area contributed by atoms with Crippen molar-refractivity contribution in [2.24, 2.45) is 5.18 Å². The van der Waals surface area contributed by atoms with Crippen LogP contribution in [0.15, 0.2) is 5.18 Å². The van der Waals surface area contributed by atoms with E-state index in [0.717, 1.165) is 25.4 Å². The van der Waals surface area contributed by atoms with Crippen molar-refractivity contribution in [3.63, 3.8) is 0 Å². The van der Waals surface area contributed by atoms with Crippen LogP contribution in [0.5, 0.6) is 0 Å². The Morgan fingerprint density at radius 3 is 2.67 bits per heavy atom. The molecule has 0 amide bonds. The zero-order valence-corrected chi connectivity index (χ0v) is 13.2. The minimum Gasteiger partial charge on any atom is -0.420 e. The fraction of sp³-hybridized carbons (Fsp3) is 1.00. The molecule has 0 fully saturated rings. The molecule has 0 aliphatic rings. The van der Waals surface area contributed by atoms with Crippen molar-refractivity contribution in [3.05, 3.63) is 4.91 Å². The lowest BCUT2D eigenvalue weighted by Crippen LogP contribution is -2.30. The number of ether oxygens (including phenoxy) is 1. The van der Waals surface area contributed by atoms with Crippen molar-refractivity contribution in [1.82, 2.24) is 5.32 Å². The summed E-state index contributed by atoms with van der Waals surface area (Å²) >= 11 is 0. The van der Waals surface area contributed by atoms with Gasteiger partial charge in [0.2, 0.25) is 0 Å². The van der Waals surface area contributed by atoms with E-state index in [2.05, 4.69) is 30.5 Å². The molecule has 0 aliphatic heterocycles. The molecule has 1 unspecified atom stereocenters. The average molecular weight is 276 g/mol. The highest BCUT2D eigenvalue weighted by Gasteiger charge is 2.19. The Kier molecular flexibility index (Phi) is 10.4. The molecule has 0 saturated carbocycles. The lowest BCUT2D eigenvalue weighted by atomic mass is 10.3. The third-order valence-corrected chi connectivity index (χ3v) is 5.55. The van der Waals surface area contributed by atoms with E-state index in [1.165, 1.54) is 0 Å². The zero-order chi connectivity index (χ0) is 13.9. The van der Waals surface area contributed by atoms with Gasteiger partial charge in [0, 0.05) is 20.3 Å². The maximum Gasteiger partial charge on any atom is 0.186 e. The van der Waals surface area contributed by atoms with E-state index >= 15 is 0 Å². The van der Waals surface area contributed by atoms with Crippen molar-refractivity contribution >= 4 is 8.32 Å². The summed E-state index contributed by atoms with van der Waals surface area (Å²) in [4.78, 5) is 10.6. The first kappa shape index (κ1) is 17.7. The summed E-state index contributed by atoms with van der Waals surface area (Å²) in [7, 11) is 0.310. The van der Waals surface area contributed by atoms with Gasteiger partial charge in [0.1, 0.15) is 6.04 Å². The summed E-state index contributed by atoms with van der Waals surface area (Å²) < 4.78 is 10.9. The topological polar surface area (TPSA) is 59.9 Å². The highest BCUT2D eigenvalue weighted by molar-refractivity contribution is 6.71. The van der Waals surface area contributed by atoms with Gasteiger partial charge in [0.15, 0.2) is 8.32 Å². The quantitative estimate of drug-likeness (QED) is 0.338. The molecule has 1 N–H and O–H groups in total. The Bertz CT molecular complexity index is 215. The largest absolute Gasteiger partial charge is 0.420 e. The smallest absolute Gasteiger partial charge is 0.186 e. The standard InChI is InChI=1S/C12H28N2O3Si/c1-5-7-13-10-12(14-15)11-17-8-6-9-18(3,4)16-2/h12-13H,5-11H2,1-4H3. The van der Waals surface area contributed by atoms with Crippen molar-refractivity contribution in [2.75, 3.05) is 33.4 Å². The third-order valence-electron chi connectivity index (χ3n) is 2.89. The molecule has 0 bridgehead atoms. The van der Waals surface area contributed by atoms with Crippen LogP contribution in [0.25, 0.3) is 0 Å². The predicted molar refractivity (Wildman–Crippen MR) is 77.5 cm³/mol. The van der Waals surface area contributed by atoms with Gasteiger partial charge >= 0.3 is 0 Å². The van der Waals surface area contributed by atoms with Crippen LogP contribution in [0.1, 0.15) is 19.8 Å². The van der Waals surface area contributed by atoms with E-state index in [-0.39, 0.29) is 6.04 Å². The highest BCUT2D eigenvalue weighted by Crippen LogP contribution is 2.12. The molecule has 0 saturated heterocycles. The molecule has 0 radical (unpaired) electrons. The lowest BCUT2D eigenvalue weighted by Gasteiger charge is -2.19. The Hall–Kier alpha value is -0.303. The van der Waals surface area contributed by atoms with Crippen LogP contribution in [0.4, 0.5) is 0 Å². The number of nitroso groups, excluding NO2 is 1. The van der Waals surface area contributed by atoms with Gasteiger partial charge in [0.05, 0.1) is 6.61 Å². The van der Waals surface area contributed by atoms with Gasteiger partial charge in [-0.2, -0.15) is 4.91 Å². The summed E-state index contributed by atoms with van der Waals surface area (Å²) in [5.41, 5.74) is 0.